The molecule has 1 heterocycles. The Morgan fingerprint density at radius 3 is 2.61 bits per heavy atom. The predicted octanol–water partition coefficient (Wildman–Crippen LogP) is 1.05. The topological polar surface area (TPSA) is 80.5 Å². The third kappa shape index (κ3) is 4.00. The zero-order valence-corrected chi connectivity index (χ0v) is 11.1. The molecule has 1 aromatic rings. The first-order valence-corrected chi connectivity index (χ1v) is 7.48. The van der Waals surface area contributed by atoms with Crippen LogP contribution in [0, 0.1) is 0 Å². The maximum atomic E-state index is 12.6. The van der Waals surface area contributed by atoms with Crippen LogP contribution in [0.15, 0.2) is 10.8 Å². The van der Waals surface area contributed by atoms with Crippen LogP contribution in [0.2, 0.25) is 0 Å². The van der Waals surface area contributed by atoms with Gasteiger partial charge in [0.05, 0.1) is 11.3 Å². The molecule has 1 amide bonds. The molecule has 0 aliphatic heterocycles. The highest BCUT2D eigenvalue weighted by Gasteiger charge is 2.22. The Labute approximate surface area is 107 Å². The summed E-state index contributed by atoms with van der Waals surface area (Å²) in [5.74, 6) is -1.06. The first kappa shape index (κ1) is 15.0. The van der Waals surface area contributed by atoms with E-state index in [4.69, 9.17) is 5.14 Å². The summed E-state index contributed by atoms with van der Waals surface area (Å²) >= 11 is 0.993. The summed E-state index contributed by atoms with van der Waals surface area (Å²) < 4.78 is 46.6. The number of hydrogen-bond acceptors (Lipinski definition) is 4. The van der Waals surface area contributed by atoms with Gasteiger partial charge in [-0.2, -0.15) is 11.3 Å². The molecular weight excluding hydrogens is 286 g/mol. The van der Waals surface area contributed by atoms with Crippen molar-refractivity contribution in [2.75, 3.05) is 19.3 Å². The fourth-order valence-electron chi connectivity index (χ4n) is 1.22. The molecule has 0 aliphatic carbocycles. The van der Waals surface area contributed by atoms with Crippen LogP contribution in [0.25, 0.3) is 0 Å². The van der Waals surface area contributed by atoms with Crippen molar-refractivity contribution in [3.05, 3.63) is 21.9 Å². The molecule has 0 unspecified atom stereocenters. The van der Waals surface area contributed by atoms with E-state index >= 15 is 0 Å². The number of halogens is 2. The highest BCUT2D eigenvalue weighted by atomic mass is 32.2. The predicted molar refractivity (Wildman–Crippen MR) is 64.2 cm³/mol. The van der Waals surface area contributed by atoms with Crippen LogP contribution in [0.3, 0.4) is 0 Å². The smallest absolute Gasteiger partial charge is 0.265 e. The minimum atomic E-state index is -3.69. The molecular formula is C9H12F2N2O3S2. The van der Waals surface area contributed by atoms with E-state index in [9.17, 15) is 22.0 Å². The molecule has 0 saturated carbocycles. The summed E-state index contributed by atoms with van der Waals surface area (Å²) in [5.41, 5.74) is -0.445. The second kappa shape index (κ2) is 5.72. The quantitative estimate of drug-likeness (QED) is 0.882. The number of carbonyl (C=O) groups is 1. The van der Waals surface area contributed by atoms with Crippen LogP contribution in [-0.2, 0) is 10.0 Å². The highest BCUT2D eigenvalue weighted by Crippen LogP contribution is 2.27. The summed E-state index contributed by atoms with van der Waals surface area (Å²) in [6.45, 7) is -0.143. The molecule has 1 rings (SSSR count). The second-order valence-electron chi connectivity index (χ2n) is 3.64. The van der Waals surface area contributed by atoms with E-state index in [0.29, 0.717) is 0 Å². The molecule has 0 aliphatic rings. The van der Waals surface area contributed by atoms with Gasteiger partial charge in [-0.3, -0.25) is 4.79 Å². The lowest BCUT2D eigenvalue weighted by molar-refractivity contribution is 0.0792. The van der Waals surface area contributed by atoms with E-state index in [1.807, 2.05) is 0 Å². The van der Waals surface area contributed by atoms with Crippen molar-refractivity contribution in [2.24, 2.45) is 5.14 Å². The van der Waals surface area contributed by atoms with Crippen LogP contribution in [0.5, 0.6) is 0 Å². The lowest BCUT2D eigenvalue weighted by Gasteiger charge is -2.16. The third-order valence-corrected chi connectivity index (χ3v) is 3.73. The van der Waals surface area contributed by atoms with Crippen LogP contribution < -0.4 is 5.14 Å². The van der Waals surface area contributed by atoms with Gasteiger partial charge in [-0.25, -0.2) is 22.3 Å². The molecule has 0 radical (unpaired) electrons. The zero-order valence-electron chi connectivity index (χ0n) is 9.47. The minimum Gasteiger partial charge on any atom is -0.341 e. The van der Waals surface area contributed by atoms with Crippen molar-refractivity contribution in [3.63, 3.8) is 0 Å². The van der Waals surface area contributed by atoms with Gasteiger partial charge in [0.25, 0.3) is 12.3 Å². The summed E-state index contributed by atoms with van der Waals surface area (Å²) in [6.07, 6.45) is -2.73. The molecule has 5 nitrogen and oxygen atoms in total. The van der Waals surface area contributed by atoms with E-state index < -0.39 is 28.1 Å². The van der Waals surface area contributed by atoms with Gasteiger partial charge in [-0.15, -0.1) is 0 Å². The molecule has 1 aromatic heterocycles. The molecule has 18 heavy (non-hydrogen) atoms. The lowest BCUT2D eigenvalue weighted by atomic mass is 10.2. The van der Waals surface area contributed by atoms with Gasteiger partial charge in [0.15, 0.2) is 0 Å². The van der Waals surface area contributed by atoms with Crippen molar-refractivity contribution in [2.45, 2.75) is 6.43 Å². The van der Waals surface area contributed by atoms with Gasteiger partial charge in [-0.05, 0) is 0 Å². The molecule has 102 valence electrons. The maximum absolute atomic E-state index is 12.6. The van der Waals surface area contributed by atoms with Crippen LogP contribution in [0.4, 0.5) is 8.78 Å². The number of alkyl halides is 2. The average molecular weight is 298 g/mol. The molecule has 0 fully saturated rings. The monoisotopic (exact) mass is 298 g/mol. The fourth-order valence-corrected chi connectivity index (χ4v) is 2.57. The molecule has 0 saturated heterocycles. The number of thiophene rings is 1. The van der Waals surface area contributed by atoms with Crippen molar-refractivity contribution in [1.29, 1.82) is 0 Å². The number of nitrogens with zero attached hydrogens (tertiary/aromatic N) is 1. The van der Waals surface area contributed by atoms with Gasteiger partial charge in [-0.1, -0.05) is 0 Å². The number of rotatable bonds is 5. The molecule has 0 spiro atoms. The number of amides is 1. The van der Waals surface area contributed by atoms with Crippen molar-refractivity contribution in [1.82, 2.24) is 4.90 Å². The molecule has 0 aromatic carbocycles. The Morgan fingerprint density at radius 2 is 2.11 bits per heavy atom. The second-order valence-corrected chi connectivity index (χ2v) is 6.11. The van der Waals surface area contributed by atoms with Gasteiger partial charge in [0, 0.05) is 29.9 Å². The van der Waals surface area contributed by atoms with E-state index in [2.05, 4.69) is 0 Å². The first-order chi connectivity index (χ1) is 8.22. The summed E-state index contributed by atoms with van der Waals surface area (Å²) in [7, 11) is -2.35. The summed E-state index contributed by atoms with van der Waals surface area (Å²) in [4.78, 5) is 12.9. The Balaban J connectivity index is 2.78. The van der Waals surface area contributed by atoms with Gasteiger partial charge < -0.3 is 4.90 Å². The van der Waals surface area contributed by atoms with E-state index in [1.165, 1.54) is 17.8 Å². The largest absolute Gasteiger partial charge is 0.341 e. The molecule has 0 bridgehead atoms. The molecule has 0 atom stereocenters. The Bertz CT molecular complexity index is 528. The highest BCUT2D eigenvalue weighted by molar-refractivity contribution is 7.89. The van der Waals surface area contributed by atoms with Gasteiger partial charge in [0.2, 0.25) is 10.0 Å². The van der Waals surface area contributed by atoms with Crippen molar-refractivity contribution < 1.29 is 22.0 Å². The van der Waals surface area contributed by atoms with E-state index in [-0.39, 0.29) is 17.7 Å². The first-order valence-electron chi connectivity index (χ1n) is 4.82. The SMILES string of the molecule is CN(CCS(N)(=O)=O)C(=O)c1cscc1C(F)F. The Morgan fingerprint density at radius 1 is 1.50 bits per heavy atom. The normalized spacial score (nSPS) is 11.8. The Hall–Kier alpha value is -1.06. The summed E-state index contributed by atoms with van der Waals surface area (Å²) in [5, 5.41) is 7.31. The number of hydrogen-bond donors (Lipinski definition) is 1. The molecule has 9 heteroatoms. The molecule has 2 N–H and O–H groups in total. The lowest BCUT2D eigenvalue weighted by Crippen LogP contribution is -2.33. The van der Waals surface area contributed by atoms with E-state index in [1.54, 1.807) is 0 Å². The van der Waals surface area contributed by atoms with Crippen LogP contribution in [0.1, 0.15) is 22.3 Å². The van der Waals surface area contributed by atoms with Crippen molar-refractivity contribution in [3.8, 4) is 0 Å². The fraction of sp³-hybridized carbons (Fsp3) is 0.444. The average Bonchev–Trinajstić information content (AvgIpc) is 2.72. The van der Waals surface area contributed by atoms with Gasteiger partial charge in [0.1, 0.15) is 0 Å². The zero-order chi connectivity index (χ0) is 13.9. The van der Waals surface area contributed by atoms with Gasteiger partial charge >= 0.3 is 0 Å². The number of nitrogens with two attached hydrogens (primary N) is 1. The van der Waals surface area contributed by atoms with E-state index in [0.717, 1.165) is 16.2 Å². The van der Waals surface area contributed by atoms with Crippen LogP contribution in [-0.4, -0.2) is 38.6 Å². The minimum absolute atomic E-state index is 0.105. The third-order valence-electron chi connectivity index (χ3n) is 2.22. The number of sulfonamides is 1. The number of carbonyl (C=O) groups excluding carboxylic acids is 1. The standard InChI is InChI=1S/C9H12F2N2O3S2/c1-13(2-3-18(12,15)16)9(14)7-5-17-4-6(7)8(10)11/h4-5,8H,2-3H2,1H3,(H2,12,15,16). The number of primary sulfonamides is 1. The van der Waals surface area contributed by atoms with Crippen molar-refractivity contribution >= 4 is 27.3 Å². The van der Waals surface area contributed by atoms with Crippen LogP contribution >= 0.6 is 11.3 Å². The summed E-state index contributed by atoms with van der Waals surface area (Å²) in [6, 6.07) is 0. The maximum Gasteiger partial charge on any atom is 0.265 e. The Kier molecular flexibility index (Phi) is 4.77.